The van der Waals surface area contributed by atoms with Crippen LogP contribution in [0.5, 0.6) is 28.7 Å². The van der Waals surface area contributed by atoms with E-state index < -0.39 is 0 Å². The van der Waals surface area contributed by atoms with Crippen molar-refractivity contribution in [3.8, 4) is 28.7 Å². The summed E-state index contributed by atoms with van der Waals surface area (Å²) in [7, 11) is 8.15. The number of methoxy groups -OCH3 is 4. The third-order valence-corrected chi connectivity index (χ3v) is 4.41. The summed E-state index contributed by atoms with van der Waals surface area (Å²) >= 11 is 0. The molecule has 0 aliphatic rings. The fraction of sp³-hybridized carbons (Fsp3) is 0.409. The van der Waals surface area contributed by atoms with Gasteiger partial charge in [0.05, 0.1) is 35.0 Å². The number of hydrogen-bond acceptors (Lipinski definition) is 6. The Labute approximate surface area is 178 Å². The topological polar surface area (TPSA) is 82.6 Å². The average molecular weight is 418 g/mol. The van der Waals surface area contributed by atoms with Crippen molar-refractivity contribution >= 4 is 5.96 Å². The lowest BCUT2D eigenvalue weighted by molar-refractivity contribution is 0.213. The normalized spacial score (nSPS) is 12.0. The first-order valence-corrected chi connectivity index (χ1v) is 9.59. The molecule has 0 saturated heterocycles. The Morgan fingerprint density at radius 1 is 0.833 bits per heavy atom. The van der Waals surface area contributed by atoms with Crippen LogP contribution in [0.4, 0.5) is 0 Å². The molecule has 8 heteroatoms. The minimum atomic E-state index is -0.101. The summed E-state index contributed by atoms with van der Waals surface area (Å²) in [5.74, 6) is 3.99. The maximum Gasteiger partial charge on any atom is 0.191 e. The van der Waals surface area contributed by atoms with Gasteiger partial charge in [-0.05, 0) is 25.1 Å². The predicted molar refractivity (Wildman–Crippen MR) is 117 cm³/mol. The first-order valence-electron chi connectivity index (χ1n) is 9.59. The summed E-state index contributed by atoms with van der Waals surface area (Å²) in [6.07, 6.45) is -0.101. The van der Waals surface area contributed by atoms with Gasteiger partial charge in [-0.2, -0.15) is 0 Å². The monoisotopic (exact) mass is 417 g/mol. The average Bonchev–Trinajstić information content (AvgIpc) is 2.78. The smallest absolute Gasteiger partial charge is 0.191 e. The van der Waals surface area contributed by atoms with Crippen LogP contribution >= 0.6 is 0 Å². The van der Waals surface area contributed by atoms with Gasteiger partial charge in [-0.15, -0.1) is 0 Å². The van der Waals surface area contributed by atoms with Gasteiger partial charge in [0.15, 0.2) is 29.0 Å². The van der Waals surface area contributed by atoms with Crippen LogP contribution in [0.2, 0.25) is 0 Å². The van der Waals surface area contributed by atoms with Gasteiger partial charge in [0.1, 0.15) is 11.9 Å². The molecule has 0 amide bonds. The Kier molecular flexibility index (Phi) is 8.93. The van der Waals surface area contributed by atoms with E-state index >= 15 is 0 Å². The molecule has 0 fully saturated rings. The van der Waals surface area contributed by atoms with Crippen LogP contribution in [0, 0.1) is 0 Å². The van der Waals surface area contributed by atoms with E-state index in [0.29, 0.717) is 47.8 Å². The molecule has 0 aromatic heterocycles. The van der Waals surface area contributed by atoms with E-state index in [1.165, 1.54) is 0 Å². The van der Waals surface area contributed by atoms with Gasteiger partial charge < -0.3 is 34.3 Å². The molecular weight excluding hydrogens is 386 g/mol. The second-order valence-corrected chi connectivity index (χ2v) is 6.41. The van der Waals surface area contributed by atoms with Crippen molar-refractivity contribution in [2.24, 2.45) is 4.99 Å². The standard InChI is InChI=1S/C22H31N3O5/c1-15(30-18-10-8-7-9-17(18)26-3)13-24-22(23-2)25-14-16-11-20(28-5)21(29-6)12-19(16)27-4/h7-12,15H,13-14H2,1-6H3,(H2,23,24,25). The van der Waals surface area contributed by atoms with Crippen LogP contribution in [-0.4, -0.2) is 54.1 Å². The van der Waals surface area contributed by atoms with E-state index in [1.54, 1.807) is 41.6 Å². The van der Waals surface area contributed by atoms with E-state index in [2.05, 4.69) is 15.6 Å². The maximum atomic E-state index is 5.97. The Bertz CT molecular complexity index is 842. The molecule has 0 radical (unpaired) electrons. The van der Waals surface area contributed by atoms with Crippen molar-refractivity contribution in [1.82, 2.24) is 10.6 Å². The maximum absolute atomic E-state index is 5.97. The summed E-state index contributed by atoms with van der Waals surface area (Å²) in [5.41, 5.74) is 0.913. The van der Waals surface area contributed by atoms with E-state index in [1.807, 2.05) is 37.3 Å². The molecule has 0 heterocycles. The highest BCUT2D eigenvalue weighted by atomic mass is 16.5. The minimum absolute atomic E-state index is 0.101. The molecular formula is C22H31N3O5. The molecule has 164 valence electrons. The Balaban J connectivity index is 1.95. The SMILES string of the molecule is CN=C(NCc1cc(OC)c(OC)cc1OC)NCC(C)Oc1ccccc1OC. The zero-order chi connectivity index (χ0) is 21.9. The highest BCUT2D eigenvalue weighted by Gasteiger charge is 2.13. The van der Waals surface area contributed by atoms with E-state index in [0.717, 1.165) is 5.56 Å². The molecule has 30 heavy (non-hydrogen) atoms. The number of rotatable bonds is 10. The van der Waals surface area contributed by atoms with Crippen LogP contribution in [-0.2, 0) is 6.54 Å². The van der Waals surface area contributed by atoms with Crippen molar-refractivity contribution in [3.05, 3.63) is 42.0 Å². The third-order valence-electron chi connectivity index (χ3n) is 4.41. The number of benzene rings is 2. The van der Waals surface area contributed by atoms with Crippen molar-refractivity contribution in [3.63, 3.8) is 0 Å². The lowest BCUT2D eigenvalue weighted by Crippen LogP contribution is -2.41. The molecule has 1 unspecified atom stereocenters. The second-order valence-electron chi connectivity index (χ2n) is 6.41. The highest BCUT2D eigenvalue weighted by Crippen LogP contribution is 2.34. The third kappa shape index (κ3) is 6.10. The van der Waals surface area contributed by atoms with E-state index in [9.17, 15) is 0 Å². The number of nitrogens with zero attached hydrogens (tertiary/aromatic N) is 1. The Morgan fingerprint density at radius 2 is 1.43 bits per heavy atom. The summed E-state index contributed by atoms with van der Waals surface area (Å²) in [4.78, 5) is 4.27. The quantitative estimate of drug-likeness (QED) is 0.454. The van der Waals surface area contributed by atoms with Gasteiger partial charge in [-0.25, -0.2) is 0 Å². The van der Waals surface area contributed by atoms with Gasteiger partial charge in [0.25, 0.3) is 0 Å². The number of hydrogen-bond donors (Lipinski definition) is 2. The lowest BCUT2D eigenvalue weighted by atomic mass is 10.1. The van der Waals surface area contributed by atoms with Gasteiger partial charge >= 0.3 is 0 Å². The van der Waals surface area contributed by atoms with Crippen LogP contribution < -0.4 is 34.3 Å². The zero-order valence-electron chi connectivity index (χ0n) is 18.4. The molecule has 2 N–H and O–H groups in total. The molecule has 2 rings (SSSR count). The number of nitrogens with one attached hydrogen (secondary N) is 2. The van der Waals surface area contributed by atoms with E-state index in [4.69, 9.17) is 23.7 Å². The molecule has 0 aliphatic heterocycles. The molecule has 1 atom stereocenters. The van der Waals surface area contributed by atoms with Gasteiger partial charge in [0, 0.05) is 25.2 Å². The fourth-order valence-electron chi connectivity index (χ4n) is 2.85. The van der Waals surface area contributed by atoms with Crippen molar-refractivity contribution in [2.75, 3.05) is 42.0 Å². The van der Waals surface area contributed by atoms with Gasteiger partial charge in [-0.1, -0.05) is 12.1 Å². The summed E-state index contributed by atoms with van der Waals surface area (Å²) < 4.78 is 27.5. The zero-order valence-corrected chi connectivity index (χ0v) is 18.4. The van der Waals surface area contributed by atoms with Crippen molar-refractivity contribution in [1.29, 1.82) is 0 Å². The largest absolute Gasteiger partial charge is 0.496 e. The molecule has 0 aliphatic carbocycles. The van der Waals surface area contributed by atoms with Crippen LogP contribution in [0.1, 0.15) is 12.5 Å². The second kappa shape index (κ2) is 11.6. The Morgan fingerprint density at radius 3 is 2.03 bits per heavy atom. The summed E-state index contributed by atoms with van der Waals surface area (Å²) in [5, 5.41) is 6.54. The van der Waals surface area contributed by atoms with Gasteiger partial charge in [0.2, 0.25) is 0 Å². The summed E-state index contributed by atoms with van der Waals surface area (Å²) in [6, 6.07) is 11.2. The van der Waals surface area contributed by atoms with Gasteiger partial charge in [-0.3, -0.25) is 4.99 Å². The molecule has 2 aromatic rings. The number of para-hydroxylation sites is 2. The van der Waals surface area contributed by atoms with Crippen LogP contribution in [0.25, 0.3) is 0 Å². The van der Waals surface area contributed by atoms with Crippen molar-refractivity contribution < 1.29 is 23.7 Å². The fourth-order valence-corrected chi connectivity index (χ4v) is 2.85. The van der Waals surface area contributed by atoms with Crippen molar-refractivity contribution in [2.45, 2.75) is 19.6 Å². The first kappa shape index (κ1) is 23.0. The first-order chi connectivity index (χ1) is 14.6. The molecule has 8 nitrogen and oxygen atoms in total. The summed E-state index contributed by atoms with van der Waals surface area (Å²) in [6.45, 7) is 3.02. The molecule has 2 aromatic carbocycles. The predicted octanol–water partition coefficient (Wildman–Crippen LogP) is 2.85. The van der Waals surface area contributed by atoms with E-state index in [-0.39, 0.29) is 6.10 Å². The molecule has 0 spiro atoms. The van der Waals surface area contributed by atoms with Crippen LogP contribution in [0.15, 0.2) is 41.4 Å². The van der Waals surface area contributed by atoms with Crippen LogP contribution in [0.3, 0.4) is 0 Å². The minimum Gasteiger partial charge on any atom is -0.496 e. The lowest BCUT2D eigenvalue weighted by Gasteiger charge is -2.19. The highest BCUT2D eigenvalue weighted by molar-refractivity contribution is 5.79. The molecule has 0 saturated carbocycles. The Hall–Kier alpha value is -3.29. The molecule has 0 bridgehead atoms. The number of aliphatic imine (C=N–C) groups is 1. The number of ether oxygens (including phenoxy) is 5. The number of guanidine groups is 1.